The molecule has 1 heterocycles. The molecule has 0 aromatic heterocycles. The van der Waals surface area contributed by atoms with E-state index in [1.165, 1.54) is 0 Å². The molecule has 1 saturated heterocycles. The molecule has 6 nitrogen and oxygen atoms in total. The van der Waals surface area contributed by atoms with Gasteiger partial charge in [0.05, 0.1) is 6.42 Å². The molecule has 2 amide bonds. The Morgan fingerprint density at radius 2 is 1.75 bits per heavy atom. The minimum Gasteiger partial charge on any atom is -0.444 e. The Morgan fingerprint density at radius 3 is 2.33 bits per heavy atom. The average Bonchev–Trinajstić information content (AvgIpc) is 2.46. The van der Waals surface area contributed by atoms with Crippen molar-refractivity contribution >= 4 is 12.0 Å². The van der Waals surface area contributed by atoms with Gasteiger partial charge in [0.15, 0.2) is 0 Å². The highest BCUT2D eigenvalue weighted by Gasteiger charge is 2.25. The lowest BCUT2D eigenvalue weighted by Crippen LogP contribution is -2.49. The Labute approximate surface area is 143 Å². The molecule has 0 atom stereocenters. The van der Waals surface area contributed by atoms with E-state index in [2.05, 4.69) is 4.90 Å². The molecule has 0 saturated carbocycles. The van der Waals surface area contributed by atoms with Gasteiger partial charge in [-0.1, -0.05) is 24.3 Å². The summed E-state index contributed by atoms with van der Waals surface area (Å²) in [6, 6.07) is 7.93. The summed E-state index contributed by atoms with van der Waals surface area (Å²) in [5.74, 6) is -0.321. The second kappa shape index (κ2) is 7.66. The highest BCUT2D eigenvalue weighted by atomic mass is 16.6. The van der Waals surface area contributed by atoms with Crippen molar-refractivity contribution in [2.75, 3.05) is 26.2 Å². The molecule has 2 rings (SSSR count). The van der Waals surface area contributed by atoms with Gasteiger partial charge in [-0.15, -0.1) is 0 Å². The molecule has 1 aliphatic heterocycles. The Hall–Kier alpha value is -2.08. The third kappa shape index (κ3) is 5.85. The van der Waals surface area contributed by atoms with E-state index in [1.54, 1.807) is 4.90 Å². The molecule has 1 aliphatic rings. The quantitative estimate of drug-likeness (QED) is 0.911. The van der Waals surface area contributed by atoms with Gasteiger partial charge in [0.1, 0.15) is 5.60 Å². The first-order valence-electron chi connectivity index (χ1n) is 8.29. The lowest BCUT2D eigenvalue weighted by atomic mass is 10.1. The summed E-state index contributed by atoms with van der Waals surface area (Å²) in [6.07, 6.45) is 0.0193. The number of benzene rings is 1. The Balaban J connectivity index is 1.85. The number of piperazine rings is 1. The van der Waals surface area contributed by atoms with Crippen LogP contribution in [-0.2, 0) is 22.5 Å². The van der Waals surface area contributed by atoms with Crippen LogP contribution in [0, 0.1) is 0 Å². The van der Waals surface area contributed by atoms with Crippen molar-refractivity contribution in [1.29, 1.82) is 0 Å². The summed E-state index contributed by atoms with van der Waals surface area (Å²) in [5, 5.41) is 0. The number of hydrogen-bond donors (Lipinski definition) is 1. The van der Waals surface area contributed by atoms with E-state index in [-0.39, 0.29) is 18.4 Å². The van der Waals surface area contributed by atoms with Gasteiger partial charge in [0, 0.05) is 32.7 Å². The summed E-state index contributed by atoms with van der Waals surface area (Å²) < 4.78 is 5.41. The number of hydrogen-bond acceptors (Lipinski definition) is 4. The fourth-order valence-electron chi connectivity index (χ4n) is 2.71. The molecule has 1 aromatic rings. The number of primary amides is 1. The number of nitrogens with zero attached hydrogens (tertiary/aromatic N) is 2. The van der Waals surface area contributed by atoms with Crippen LogP contribution in [0.15, 0.2) is 24.3 Å². The lowest BCUT2D eigenvalue weighted by Gasteiger charge is -2.35. The van der Waals surface area contributed by atoms with Gasteiger partial charge in [0.25, 0.3) is 0 Å². The predicted molar refractivity (Wildman–Crippen MR) is 92.4 cm³/mol. The normalized spacial score (nSPS) is 16.0. The Morgan fingerprint density at radius 1 is 1.12 bits per heavy atom. The Bertz CT molecular complexity index is 587. The van der Waals surface area contributed by atoms with Crippen LogP contribution in [0.25, 0.3) is 0 Å². The molecular weight excluding hydrogens is 306 g/mol. The largest absolute Gasteiger partial charge is 0.444 e. The van der Waals surface area contributed by atoms with Gasteiger partial charge < -0.3 is 15.4 Å². The van der Waals surface area contributed by atoms with Gasteiger partial charge in [-0.25, -0.2) is 4.79 Å². The number of nitrogens with two attached hydrogens (primary N) is 1. The smallest absolute Gasteiger partial charge is 0.410 e. The number of amides is 2. The second-order valence-corrected chi connectivity index (χ2v) is 7.21. The third-order valence-corrected chi connectivity index (χ3v) is 3.80. The van der Waals surface area contributed by atoms with Crippen LogP contribution >= 0.6 is 0 Å². The standard InChI is InChI=1S/C18H27N3O3/c1-18(2,3)24-17(23)21-9-7-20(8-10-21)13-15-6-4-5-14(11-15)12-16(19)22/h4-6,11H,7-10,12-13H2,1-3H3,(H2,19,22). The first kappa shape index (κ1) is 18.3. The molecule has 0 spiro atoms. The maximum Gasteiger partial charge on any atom is 0.410 e. The van der Waals surface area contributed by atoms with Crippen LogP contribution < -0.4 is 5.73 Å². The summed E-state index contributed by atoms with van der Waals surface area (Å²) in [6.45, 7) is 9.36. The fraction of sp³-hybridized carbons (Fsp3) is 0.556. The summed E-state index contributed by atoms with van der Waals surface area (Å²) >= 11 is 0. The van der Waals surface area contributed by atoms with Crippen LogP contribution in [0.2, 0.25) is 0 Å². The molecule has 0 unspecified atom stereocenters. The maximum atomic E-state index is 12.1. The monoisotopic (exact) mass is 333 g/mol. The fourth-order valence-corrected chi connectivity index (χ4v) is 2.71. The molecule has 2 N–H and O–H groups in total. The van der Waals surface area contributed by atoms with Crippen LogP contribution in [-0.4, -0.2) is 53.6 Å². The van der Waals surface area contributed by atoms with E-state index in [0.717, 1.165) is 30.8 Å². The highest BCUT2D eigenvalue weighted by molar-refractivity contribution is 5.76. The minimum atomic E-state index is -0.463. The van der Waals surface area contributed by atoms with Gasteiger partial charge in [-0.3, -0.25) is 9.69 Å². The van der Waals surface area contributed by atoms with Crippen molar-refractivity contribution in [1.82, 2.24) is 9.80 Å². The molecule has 6 heteroatoms. The third-order valence-electron chi connectivity index (χ3n) is 3.80. The molecule has 0 bridgehead atoms. The van der Waals surface area contributed by atoms with E-state index < -0.39 is 5.60 Å². The van der Waals surface area contributed by atoms with E-state index in [0.29, 0.717) is 13.1 Å². The topological polar surface area (TPSA) is 75.9 Å². The molecule has 0 aliphatic carbocycles. The number of carbonyl (C=O) groups excluding carboxylic acids is 2. The number of ether oxygens (including phenoxy) is 1. The predicted octanol–water partition coefficient (Wildman–Crippen LogP) is 1.77. The van der Waals surface area contributed by atoms with E-state index >= 15 is 0 Å². The molecule has 0 radical (unpaired) electrons. The van der Waals surface area contributed by atoms with Crippen molar-refractivity contribution < 1.29 is 14.3 Å². The average molecular weight is 333 g/mol. The van der Waals surface area contributed by atoms with Crippen LogP contribution in [0.5, 0.6) is 0 Å². The first-order chi connectivity index (χ1) is 11.2. The first-order valence-corrected chi connectivity index (χ1v) is 8.29. The number of rotatable bonds is 4. The van der Waals surface area contributed by atoms with Crippen LogP contribution in [0.1, 0.15) is 31.9 Å². The molecular formula is C18H27N3O3. The van der Waals surface area contributed by atoms with Gasteiger partial charge in [-0.05, 0) is 31.9 Å². The maximum absolute atomic E-state index is 12.1. The van der Waals surface area contributed by atoms with E-state index in [1.807, 2.05) is 45.0 Å². The van der Waals surface area contributed by atoms with E-state index in [9.17, 15) is 9.59 Å². The lowest BCUT2D eigenvalue weighted by molar-refractivity contribution is -0.117. The van der Waals surface area contributed by atoms with Crippen molar-refractivity contribution in [3.63, 3.8) is 0 Å². The summed E-state index contributed by atoms with van der Waals surface area (Å²) in [7, 11) is 0. The number of carbonyl (C=O) groups is 2. The molecule has 24 heavy (non-hydrogen) atoms. The van der Waals surface area contributed by atoms with Crippen LogP contribution in [0.4, 0.5) is 4.79 Å². The zero-order valence-corrected chi connectivity index (χ0v) is 14.7. The minimum absolute atomic E-state index is 0.245. The summed E-state index contributed by atoms with van der Waals surface area (Å²) in [5.41, 5.74) is 6.87. The summed E-state index contributed by atoms with van der Waals surface area (Å²) in [4.78, 5) is 27.2. The van der Waals surface area contributed by atoms with Crippen molar-refractivity contribution in [2.24, 2.45) is 5.73 Å². The van der Waals surface area contributed by atoms with Gasteiger partial charge in [-0.2, -0.15) is 0 Å². The Kier molecular flexibility index (Phi) is 5.83. The molecule has 132 valence electrons. The molecule has 1 fully saturated rings. The van der Waals surface area contributed by atoms with Crippen LogP contribution in [0.3, 0.4) is 0 Å². The second-order valence-electron chi connectivity index (χ2n) is 7.21. The highest BCUT2D eigenvalue weighted by Crippen LogP contribution is 2.14. The van der Waals surface area contributed by atoms with Crippen molar-refractivity contribution in [3.05, 3.63) is 35.4 Å². The zero-order chi connectivity index (χ0) is 17.7. The van der Waals surface area contributed by atoms with E-state index in [4.69, 9.17) is 10.5 Å². The van der Waals surface area contributed by atoms with Gasteiger partial charge in [0.2, 0.25) is 5.91 Å². The zero-order valence-electron chi connectivity index (χ0n) is 14.7. The van der Waals surface area contributed by atoms with Crippen molar-refractivity contribution in [2.45, 2.75) is 39.3 Å². The molecule has 1 aromatic carbocycles. The van der Waals surface area contributed by atoms with Gasteiger partial charge >= 0.3 is 6.09 Å². The van der Waals surface area contributed by atoms with Crippen molar-refractivity contribution in [3.8, 4) is 0 Å². The SMILES string of the molecule is CC(C)(C)OC(=O)N1CCN(Cc2cccc(CC(N)=O)c2)CC1.